The van der Waals surface area contributed by atoms with Crippen LogP contribution in [-0.2, 0) is 10.0 Å². The Morgan fingerprint density at radius 2 is 1.88 bits per heavy atom. The zero-order valence-corrected chi connectivity index (χ0v) is 16.1. The fraction of sp³-hybridized carbons (Fsp3) is 0.471. The summed E-state index contributed by atoms with van der Waals surface area (Å²) in [5, 5.41) is 4.48. The Morgan fingerprint density at radius 3 is 2.44 bits per heavy atom. The first-order valence-corrected chi connectivity index (χ1v) is 10.0. The molecule has 0 spiro atoms. The van der Waals surface area contributed by atoms with Gasteiger partial charge in [0.25, 0.3) is 0 Å². The second kappa shape index (κ2) is 7.07. The van der Waals surface area contributed by atoms with Gasteiger partial charge in [-0.25, -0.2) is 8.42 Å². The maximum absolute atomic E-state index is 12.9. The predicted octanol–water partition coefficient (Wildman–Crippen LogP) is 3.01. The van der Waals surface area contributed by atoms with Crippen LogP contribution in [0.1, 0.15) is 30.0 Å². The first kappa shape index (κ1) is 18.4. The molecular formula is C17H22ClN3O3S. The maximum Gasteiger partial charge on any atom is 0.248 e. The summed E-state index contributed by atoms with van der Waals surface area (Å²) in [5.41, 5.74) is 1.54. The van der Waals surface area contributed by atoms with Crippen LogP contribution < -0.4 is 0 Å². The van der Waals surface area contributed by atoms with Gasteiger partial charge in [0.2, 0.25) is 10.0 Å². The topological polar surface area (TPSA) is 66.7 Å². The van der Waals surface area contributed by atoms with Crippen molar-refractivity contribution in [3.05, 3.63) is 46.3 Å². The number of hydrogen-bond acceptors (Lipinski definition) is 5. The molecule has 0 saturated carbocycles. The molecule has 2 heterocycles. The molecular weight excluding hydrogens is 362 g/mol. The highest BCUT2D eigenvalue weighted by atomic mass is 35.5. The van der Waals surface area contributed by atoms with Crippen LogP contribution in [0.25, 0.3) is 0 Å². The van der Waals surface area contributed by atoms with E-state index in [0.717, 1.165) is 5.56 Å². The number of halogens is 1. The average Bonchev–Trinajstić information content (AvgIpc) is 2.93. The van der Waals surface area contributed by atoms with Gasteiger partial charge >= 0.3 is 0 Å². The first-order valence-electron chi connectivity index (χ1n) is 8.23. The largest absolute Gasteiger partial charge is 0.360 e. The van der Waals surface area contributed by atoms with E-state index >= 15 is 0 Å². The van der Waals surface area contributed by atoms with Crippen LogP contribution in [0.3, 0.4) is 0 Å². The van der Waals surface area contributed by atoms with Gasteiger partial charge in [-0.05, 0) is 38.5 Å². The van der Waals surface area contributed by atoms with E-state index < -0.39 is 10.0 Å². The minimum atomic E-state index is -3.57. The van der Waals surface area contributed by atoms with E-state index in [1.807, 2.05) is 24.3 Å². The highest BCUT2D eigenvalue weighted by Gasteiger charge is 2.34. The lowest BCUT2D eigenvalue weighted by atomic mass is 10.1. The molecule has 3 rings (SSSR count). The molecule has 0 bridgehead atoms. The van der Waals surface area contributed by atoms with Gasteiger partial charge in [-0.2, -0.15) is 4.31 Å². The molecule has 6 nitrogen and oxygen atoms in total. The molecule has 1 saturated heterocycles. The molecule has 136 valence electrons. The lowest BCUT2D eigenvalue weighted by Crippen LogP contribution is -2.49. The quantitative estimate of drug-likeness (QED) is 0.811. The van der Waals surface area contributed by atoms with Crippen molar-refractivity contribution in [3.63, 3.8) is 0 Å². The predicted molar refractivity (Wildman–Crippen MR) is 96.2 cm³/mol. The van der Waals surface area contributed by atoms with Crippen molar-refractivity contribution >= 4 is 21.6 Å². The van der Waals surface area contributed by atoms with Crippen molar-refractivity contribution in [2.75, 3.05) is 26.2 Å². The number of piperazine rings is 1. The third-order valence-corrected chi connectivity index (χ3v) is 7.10. The molecule has 1 aliphatic heterocycles. The highest BCUT2D eigenvalue weighted by molar-refractivity contribution is 7.89. The molecule has 0 aliphatic carbocycles. The van der Waals surface area contributed by atoms with E-state index in [1.165, 1.54) is 4.31 Å². The van der Waals surface area contributed by atoms with E-state index in [4.69, 9.17) is 16.1 Å². The second-order valence-electron chi connectivity index (χ2n) is 6.32. The Hall–Kier alpha value is -1.41. The van der Waals surface area contributed by atoms with Crippen LogP contribution in [0.4, 0.5) is 0 Å². The van der Waals surface area contributed by atoms with Crippen LogP contribution in [0.15, 0.2) is 33.7 Å². The summed E-state index contributed by atoms with van der Waals surface area (Å²) in [6, 6.07) is 7.98. The van der Waals surface area contributed by atoms with E-state index in [0.29, 0.717) is 42.7 Å². The van der Waals surface area contributed by atoms with E-state index in [2.05, 4.69) is 17.0 Å². The summed E-state index contributed by atoms with van der Waals surface area (Å²) in [7, 11) is -3.57. The van der Waals surface area contributed by atoms with Gasteiger partial charge in [-0.15, -0.1) is 0 Å². The molecule has 1 aromatic carbocycles. The van der Waals surface area contributed by atoms with E-state index in [-0.39, 0.29) is 10.9 Å². The Balaban J connectivity index is 1.71. The summed E-state index contributed by atoms with van der Waals surface area (Å²) in [5.74, 6) is 0.340. The molecule has 0 N–H and O–H groups in total. The molecule has 8 heteroatoms. The standard InChI is InChI=1S/C17H22ClN3O3S/c1-12-17(14(3)24-19-12)25(22,23)21-9-7-20(8-10-21)13(2)15-5-4-6-16(18)11-15/h4-6,11,13H,7-10H2,1-3H3/t13-/m1/s1. The summed E-state index contributed by atoms with van der Waals surface area (Å²) in [6.07, 6.45) is 0. The van der Waals surface area contributed by atoms with Crippen LogP contribution in [0.5, 0.6) is 0 Å². The summed E-state index contributed by atoms with van der Waals surface area (Å²) >= 11 is 6.08. The number of rotatable bonds is 4. The smallest absolute Gasteiger partial charge is 0.248 e. The van der Waals surface area contributed by atoms with Crippen molar-refractivity contribution in [2.24, 2.45) is 0 Å². The molecule has 1 aromatic heterocycles. The zero-order chi connectivity index (χ0) is 18.2. The Bertz CT molecular complexity index is 838. The minimum Gasteiger partial charge on any atom is -0.360 e. The molecule has 1 aliphatic rings. The Morgan fingerprint density at radius 1 is 1.20 bits per heavy atom. The monoisotopic (exact) mass is 383 g/mol. The zero-order valence-electron chi connectivity index (χ0n) is 14.6. The van der Waals surface area contributed by atoms with Crippen molar-refractivity contribution in [1.82, 2.24) is 14.4 Å². The number of hydrogen-bond donors (Lipinski definition) is 0. The molecule has 0 unspecified atom stereocenters. The van der Waals surface area contributed by atoms with Gasteiger partial charge < -0.3 is 4.52 Å². The summed E-state index contributed by atoms with van der Waals surface area (Å²) < 4.78 is 32.3. The van der Waals surface area contributed by atoms with Crippen molar-refractivity contribution < 1.29 is 12.9 Å². The molecule has 0 radical (unpaired) electrons. The fourth-order valence-electron chi connectivity index (χ4n) is 3.28. The Kier molecular flexibility index (Phi) is 5.20. The Labute approximate surface area is 153 Å². The van der Waals surface area contributed by atoms with Crippen LogP contribution in [0.2, 0.25) is 5.02 Å². The minimum absolute atomic E-state index is 0.183. The normalized spacial score (nSPS) is 18.4. The van der Waals surface area contributed by atoms with Crippen molar-refractivity contribution in [1.29, 1.82) is 0 Å². The highest BCUT2D eigenvalue weighted by Crippen LogP contribution is 2.27. The van der Waals surface area contributed by atoms with Crippen LogP contribution >= 0.6 is 11.6 Å². The lowest BCUT2D eigenvalue weighted by molar-refractivity contribution is 0.146. The van der Waals surface area contributed by atoms with Gasteiger partial charge in [-0.1, -0.05) is 28.9 Å². The van der Waals surface area contributed by atoms with E-state index in [1.54, 1.807) is 13.8 Å². The van der Waals surface area contributed by atoms with Gasteiger partial charge in [0.05, 0.1) is 0 Å². The SMILES string of the molecule is Cc1noc(C)c1S(=O)(=O)N1CCN([C@H](C)c2cccc(Cl)c2)CC1. The molecule has 2 aromatic rings. The lowest BCUT2D eigenvalue weighted by Gasteiger charge is -2.37. The molecule has 25 heavy (non-hydrogen) atoms. The van der Waals surface area contributed by atoms with Gasteiger partial charge in [0.15, 0.2) is 5.76 Å². The number of aryl methyl sites for hydroxylation is 2. The maximum atomic E-state index is 12.9. The second-order valence-corrected chi connectivity index (χ2v) is 8.64. The van der Waals surface area contributed by atoms with Gasteiger partial charge in [0.1, 0.15) is 10.6 Å². The first-order chi connectivity index (χ1) is 11.8. The molecule has 1 fully saturated rings. The van der Waals surface area contributed by atoms with Crippen molar-refractivity contribution in [3.8, 4) is 0 Å². The van der Waals surface area contributed by atoms with Gasteiger partial charge in [0, 0.05) is 37.2 Å². The fourth-order valence-corrected chi connectivity index (χ4v) is 5.19. The number of benzene rings is 1. The summed E-state index contributed by atoms with van der Waals surface area (Å²) in [6.45, 7) is 7.61. The third-order valence-electron chi connectivity index (χ3n) is 4.72. The van der Waals surface area contributed by atoms with Gasteiger partial charge in [-0.3, -0.25) is 4.90 Å². The molecule has 1 atom stereocenters. The van der Waals surface area contributed by atoms with Crippen LogP contribution in [0, 0.1) is 13.8 Å². The summed E-state index contributed by atoms with van der Waals surface area (Å²) in [4.78, 5) is 2.47. The number of sulfonamides is 1. The van der Waals surface area contributed by atoms with Crippen molar-refractivity contribution in [2.45, 2.75) is 31.7 Å². The van der Waals surface area contributed by atoms with E-state index in [9.17, 15) is 8.42 Å². The number of nitrogens with zero attached hydrogens (tertiary/aromatic N) is 3. The number of aromatic nitrogens is 1. The average molecular weight is 384 g/mol. The van der Waals surface area contributed by atoms with Crippen LogP contribution in [-0.4, -0.2) is 49.0 Å². The third kappa shape index (κ3) is 3.60. The molecule has 0 amide bonds.